The molecular weight excluding hydrogens is 316 g/mol. The molecule has 1 aliphatic carbocycles. The van der Waals surface area contributed by atoms with E-state index in [1.165, 1.54) is 32.1 Å². The van der Waals surface area contributed by atoms with Crippen LogP contribution in [0.15, 0.2) is 23.5 Å². The fourth-order valence-corrected chi connectivity index (χ4v) is 4.04. The van der Waals surface area contributed by atoms with E-state index in [2.05, 4.69) is 25.6 Å². The van der Waals surface area contributed by atoms with Gasteiger partial charge in [-0.1, -0.05) is 19.3 Å². The van der Waals surface area contributed by atoms with Crippen LogP contribution in [0.1, 0.15) is 32.1 Å². The summed E-state index contributed by atoms with van der Waals surface area (Å²) in [6.07, 6.45) is 10.3. The molecule has 2 N–H and O–H groups in total. The van der Waals surface area contributed by atoms with Crippen molar-refractivity contribution in [3.63, 3.8) is 0 Å². The lowest BCUT2D eigenvalue weighted by molar-refractivity contribution is -0.0352. The van der Waals surface area contributed by atoms with E-state index in [9.17, 15) is 0 Å². The molecule has 1 aliphatic heterocycles. The molecule has 1 aromatic rings. The molecule has 2 fully saturated rings. The third-order valence-corrected chi connectivity index (χ3v) is 5.47. The Labute approximate surface area is 150 Å². The van der Waals surface area contributed by atoms with E-state index < -0.39 is 0 Å². The number of guanidine groups is 1. The van der Waals surface area contributed by atoms with Crippen molar-refractivity contribution >= 4 is 5.96 Å². The second-order valence-corrected chi connectivity index (χ2v) is 7.01. The number of hydrogen-bond acceptors (Lipinski definition) is 4. The molecule has 0 spiro atoms. The number of ether oxygens (including phenoxy) is 1. The standard InChI is InChI=1S/C18H32N6O/c1-19-17(20-9-11-24-10-5-8-22-24)21-16-18(6-3-2-4-7-18)23-12-14-25-15-13-23/h5,8,10H,2-4,6-7,9,11-16H2,1H3,(H2,19,20,21). The maximum atomic E-state index is 5.56. The van der Waals surface area contributed by atoms with E-state index in [-0.39, 0.29) is 5.54 Å². The lowest BCUT2D eigenvalue weighted by Gasteiger charge is -2.48. The average Bonchev–Trinajstić information content (AvgIpc) is 3.19. The molecule has 0 unspecified atom stereocenters. The zero-order valence-electron chi connectivity index (χ0n) is 15.4. The van der Waals surface area contributed by atoms with Gasteiger partial charge in [0, 0.05) is 51.2 Å². The Hall–Kier alpha value is -1.60. The summed E-state index contributed by atoms with van der Waals surface area (Å²) >= 11 is 0. The summed E-state index contributed by atoms with van der Waals surface area (Å²) in [6, 6.07) is 1.95. The van der Waals surface area contributed by atoms with Crippen LogP contribution in [0.3, 0.4) is 0 Å². The maximum absolute atomic E-state index is 5.56. The number of morpholine rings is 1. The van der Waals surface area contributed by atoms with Crippen LogP contribution in [0.5, 0.6) is 0 Å². The van der Waals surface area contributed by atoms with Gasteiger partial charge in [0.25, 0.3) is 0 Å². The van der Waals surface area contributed by atoms with Crippen molar-refractivity contribution in [2.75, 3.05) is 46.4 Å². The first-order chi connectivity index (χ1) is 12.3. The highest BCUT2D eigenvalue weighted by molar-refractivity contribution is 5.79. The van der Waals surface area contributed by atoms with Crippen LogP contribution >= 0.6 is 0 Å². The van der Waals surface area contributed by atoms with Gasteiger partial charge in [-0.05, 0) is 18.9 Å². The molecule has 0 atom stereocenters. The fraction of sp³-hybridized carbons (Fsp3) is 0.778. The zero-order chi connectivity index (χ0) is 17.4. The Morgan fingerprint density at radius 1 is 1.20 bits per heavy atom. The molecule has 0 amide bonds. The Balaban J connectivity index is 1.51. The molecule has 3 rings (SSSR count). The van der Waals surface area contributed by atoms with Crippen LogP contribution < -0.4 is 10.6 Å². The van der Waals surface area contributed by atoms with Crippen molar-refractivity contribution in [3.05, 3.63) is 18.5 Å². The lowest BCUT2D eigenvalue weighted by atomic mass is 9.80. The van der Waals surface area contributed by atoms with Crippen LogP contribution in [-0.4, -0.2) is 72.6 Å². The minimum atomic E-state index is 0.252. The first-order valence-corrected chi connectivity index (χ1v) is 9.57. The molecule has 25 heavy (non-hydrogen) atoms. The maximum Gasteiger partial charge on any atom is 0.191 e. The van der Waals surface area contributed by atoms with E-state index in [1.54, 1.807) is 0 Å². The molecule has 140 valence electrons. The second kappa shape index (κ2) is 9.20. The summed E-state index contributed by atoms with van der Waals surface area (Å²) < 4.78 is 7.49. The highest BCUT2D eigenvalue weighted by Gasteiger charge is 2.38. The molecule has 1 aromatic heterocycles. The summed E-state index contributed by atoms with van der Waals surface area (Å²) in [6.45, 7) is 6.42. The van der Waals surface area contributed by atoms with E-state index in [4.69, 9.17) is 4.74 Å². The molecule has 7 nitrogen and oxygen atoms in total. The highest BCUT2D eigenvalue weighted by Crippen LogP contribution is 2.33. The molecule has 7 heteroatoms. The van der Waals surface area contributed by atoms with Crippen LogP contribution in [0.4, 0.5) is 0 Å². The Morgan fingerprint density at radius 3 is 2.68 bits per heavy atom. The van der Waals surface area contributed by atoms with E-state index in [0.29, 0.717) is 0 Å². The highest BCUT2D eigenvalue weighted by atomic mass is 16.5. The number of nitrogens with one attached hydrogen (secondary N) is 2. The van der Waals surface area contributed by atoms with Crippen molar-refractivity contribution in [2.45, 2.75) is 44.2 Å². The number of aliphatic imine (C=N–C) groups is 1. The third-order valence-electron chi connectivity index (χ3n) is 5.47. The van der Waals surface area contributed by atoms with Gasteiger partial charge in [-0.2, -0.15) is 5.10 Å². The van der Waals surface area contributed by atoms with Gasteiger partial charge in [0.2, 0.25) is 0 Å². The summed E-state index contributed by atoms with van der Waals surface area (Å²) in [5, 5.41) is 11.2. The molecule has 1 saturated heterocycles. The number of aromatic nitrogens is 2. The molecule has 0 aromatic carbocycles. The smallest absolute Gasteiger partial charge is 0.191 e. The monoisotopic (exact) mass is 348 g/mol. The summed E-state index contributed by atoms with van der Waals surface area (Å²) in [7, 11) is 1.84. The number of hydrogen-bond donors (Lipinski definition) is 2. The van der Waals surface area contributed by atoms with Gasteiger partial charge in [-0.15, -0.1) is 0 Å². The van der Waals surface area contributed by atoms with Gasteiger partial charge in [0.05, 0.1) is 19.8 Å². The van der Waals surface area contributed by atoms with Crippen LogP contribution in [-0.2, 0) is 11.3 Å². The van der Waals surface area contributed by atoms with E-state index in [1.807, 2.05) is 30.2 Å². The van der Waals surface area contributed by atoms with Crippen molar-refractivity contribution in [1.29, 1.82) is 0 Å². The SMILES string of the molecule is CN=C(NCCn1cccn1)NCC1(N2CCOCC2)CCCCC1. The van der Waals surface area contributed by atoms with Gasteiger partial charge in [0.15, 0.2) is 5.96 Å². The quantitative estimate of drug-likeness (QED) is 0.595. The number of rotatable bonds is 6. The van der Waals surface area contributed by atoms with Crippen molar-refractivity contribution in [1.82, 2.24) is 25.3 Å². The van der Waals surface area contributed by atoms with Crippen molar-refractivity contribution < 1.29 is 4.74 Å². The normalized spacial score (nSPS) is 21.9. The zero-order valence-corrected chi connectivity index (χ0v) is 15.4. The molecule has 0 bridgehead atoms. The predicted molar refractivity (Wildman–Crippen MR) is 99.8 cm³/mol. The fourth-order valence-electron chi connectivity index (χ4n) is 4.04. The van der Waals surface area contributed by atoms with Gasteiger partial charge in [-0.3, -0.25) is 14.6 Å². The number of nitrogens with zero attached hydrogens (tertiary/aromatic N) is 4. The van der Waals surface area contributed by atoms with Crippen molar-refractivity contribution in [2.24, 2.45) is 4.99 Å². The average molecular weight is 348 g/mol. The Bertz CT molecular complexity index is 518. The van der Waals surface area contributed by atoms with Crippen LogP contribution in [0.2, 0.25) is 0 Å². The summed E-state index contributed by atoms with van der Waals surface area (Å²) in [5.41, 5.74) is 0.252. The van der Waals surface area contributed by atoms with Gasteiger partial charge in [-0.25, -0.2) is 0 Å². The largest absolute Gasteiger partial charge is 0.379 e. The lowest BCUT2D eigenvalue weighted by Crippen LogP contribution is -2.60. The van der Waals surface area contributed by atoms with E-state index >= 15 is 0 Å². The first-order valence-electron chi connectivity index (χ1n) is 9.57. The summed E-state index contributed by atoms with van der Waals surface area (Å²) in [4.78, 5) is 7.04. The van der Waals surface area contributed by atoms with Crippen molar-refractivity contribution in [3.8, 4) is 0 Å². The Morgan fingerprint density at radius 2 is 2.00 bits per heavy atom. The van der Waals surface area contributed by atoms with Gasteiger partial charge < -0.3 is 15.4 Å². The van der Waals surface area contributed by atoms with E-state index in [0.717, 1.165) is 51.9 Å². The molecular formula is C18H32N6O. The van der Waals surface area contributed by atoms with Gasteiger partial charge in [0.1, 0.15) is 0 Å². The minimum absolute atomic E-state index is 0.252. The molecule has 0 radical (unpaired) electrons. The third kappa shape index (κ3) is 4.95. The minimum Gasteiger partial charge on any atom is -0.379 e. The van der Waals surface area contributed by atoms with Crippen LogP contribution in [0.25, 0.3) is 0 Å². The molecule has 2 heterocycles. The topological polar surface area (TPSA) is 66.7 Å². The van der Waals surface area contributed by atoms with Crippen LogP contribution in [0, 0.1) is 0 Å². The predicted octanol–water partition coefficient (Wildman–Crippen LogP) is 1.08. The second-order valence-electron chi connectivity index (χ2n) is 7.01. The van der Waals surface area contributed by atoms with Gasteiger partial charge >= 0.3 is 0 Å². The molecule has 1 saturated carbocycles. The molecule has 2 aliphatic rings. The summed E-state index contributed by atoms with van der Waals surface area (Å²) in [5.74, 6) is 0.880. The first kappa shape index (κ1) is 18.2. The Kier molecular flexibility index (Phi) is 6.69.